The first-order valence-corrected chi connectivity index (χ1v) is 11.4. The Kier molecular flexibility index (Phi) is 6.70. The second-order valence-corrected chi connectivity index (χ2v) is 8.94. The van der Waals surface area contributed by atoms with Crippen LogP contribution in [0.4, 0.5) is 5.69 Å². The van der Waals surface area contributed by atoms with Crippen LogP contribution in [0.3, 0.4) is 0 Å². The van der Waals surface area contributed by atoms with Crippen molar-refractivity contribution in [1.29, 1.82) is 0 Å². The van der Waals surface area contributed by atoms with Gasteiger partial charge in [0, 0.05) is 24.0 Å². The molecule has 31 heavy (non-hydrogen) atoms. The fourth-order valence-corrected chi connectivity index (χ4v) is 4.73. The van der Waals surface area contributed by atoms with Crippen LogP contribution in [0.5, 0.6) is 5.75 Å². The van der Waals surface area contributed by atoms with Crippen LogP contribution in [0.25, 0.3) is 0 Å². The number of aromatic hydroxyl groups is 1. The minimum atomic E-state index is -0.246. The molecule has 1 amide bonds. The third-order valence-corrected chi connectivity index (χ3v) is 6.41. The van der Waals surface area contributed by atoms with E-state index in [1.807, 2.05) is 30.1 Å². The Morgan fingerprint density at radius 3 is 2.39 bits per heavy atom. The third-order valence-electron chi connectivity index (χ3n) is 5.87. The van der Waals surface area contributed by atoms with E-state index in [2.05, 4.69) is 5.43 Å². The SMILES string of the molecule is C[C@H]1C(C(=O)NN2CCCCCC2)=NN(c2ccc(Cl)cc2Cl)[C@H]1c1ccc(O)cc1. The van der Waals surface area contributed by atoms with E-state index in [9.17, 15) is 9.90 Å². The number of hydrogen-bond acceptors (Lipinski definition) is 5. The maximum atomic E-state index is 13.2. The summed E-state index contributed by atoms with van der Waals surface area (Å²) in [6.07, 6.45) is 4.53. The predicted octanol–water partition coefficient (Wildman–Crippen LogP) is 5.16. The van der Waals surface area contributed by atoms with Gasteiger partial charge in [0.1, 0.15) is 11.5 Å². The van der Waals surface area contributed by atoms with Crippen molar-refractivity contribution in [2.45, 2.75) is 38.6 Å². The van der Waals surface area contributed by atoms with Gasteiger partial charge in [0.05, 0.1) is 16.8 Å². The van der Waals surface area contributed by atoms with E-state index < -0.39 is 0 Å². The van der Waals surface area contributed by atoms with Gasteiger partial charge in [-0.15, -0.1) is 0 Å². The molecule has 164 valence electrons. The number of benzene rings is 2. The standard InChI is InChI=1S/C23H26Cl2N4O2/c1-15-21(23(31)27-28-12-4-2-3-5-13-28)26-29(20-11-8-17(24)14-19(20)25)22(15)16-6-9-18(30)10-7-16/h6-11,14-15,22,30H,2-5,12-13H2,1H3,(H,27,31)/t15-,22+/m0/s1. The summed E-state index contributed by atoms with van der Waals surface area (Å²) in [5.41, 5.74) is 5.11. The smallest absolute Gasteiger partial charge is 0.282 e. The number of rotatable bonds is 4. The van der Waals surface area contributed by atoms with Gasteiger partial charge in [-0.2, -0.15) is 5.10 Å². The molecule has 0 radical (unpaired) electrons. The zero-order valence-corrected chi connectivity index (χ0v) is 18.9. The molecule has 8 heteroatoms. The number of phenols is 1. The fraction of sp³-hybridized carbons (Fsp3) is 0.391. The highest BCUT2D eigenvalue weighted by molar-refractivity contribution is 6.41. The minimum absolute atomic E-state index is 0.186. The van der Waals surface area contributed by atoms with Gasteiger partial charge in [0.2, 0.25) is 0 Å². The number of hydrazone groups is 1. The number of phenolic OH excluding ortho intramolecular Hbond substituents is 1. The monoisotopic (exact) mass is 460 g/mol. The van der Waals surface area contributed by atoms with Crippen LogP contribution in [-0.4, -0.2) is 34.8 Å². The maximum Gasteiger partial charge on any atom is 0.282 e. The van der Waals surface area contributed by atoms with Gasteiger partial charge in [-0.3, -0.25) is 15.2 Å². The van der Waals surface area contributed by atoms with Crippen LogP contribution < -0.4 is 10.4 Å². The molecule has 0 aliphatic carbocycles. The molecule has 0 bridgehead atoms. The number of amides is 1. The normalized spacial score (nSPS) is 22.2. The molecule has 2 N–H and O–H groups in total. The molecule has 2 atom stereocenters. The van der Waals surface area contributed by atoms with Gasteiger partial charge in [0.15, 0.2) is 0 Å². The van der Waals surface area contributed by atoms with Crippen molar-refractivity contribution in [3.05, 3.63) is 58.1 Å². The van der Waals surface area contributed by atoms with Crippen molar-refractivity contribution >= 4 is 40.5 Å². The van der Waals surface area contributed by atoms with Crippen LogP contribution in [0.2, 0.25) is 10.0 Å². The lowest BCUT2D eigenvalue weighted by atomic mass is 9.91. The summed E-state index contributed by atoms with van der Waals surface area (Å²) < 4.78 is 0. The lowest BCUT2D eigenvalue weighted by Crippen LogP contribution is -2.46. The van der Waals surface area contributed by atoms with Gasteiger partial charge < -0.3 is 5.11 Å². The summed E-state index contributed by atoms with van der Waals surface area (Å²) in [6, 6.07) is 12.0. The Morgan fingerprint density at radius 2 is 1.74 bits per heavy atom. The third kappa shape index (κ3) is 4.81. The molecule has 0 saturated carbocycles. The Morgan fingerprint density at radius 1 is 1.06 bits per heavy atom. The first-order chi connectivity index (χ1) is 14.9. The molecule has 4 rings (SSSR count). The number of hydrogen-bond donors (Lipinski definition) is 2. The van der Waals surface area contributed by atoms with E-state index in [1.165, 1.54) is 12.8 Å². The van der Waals surface area contributed by atoms with Gasteiger partial charge >= 0.3 is 0 Å². The van der Waals surface area contributed by atoms with Crippen LogP contribution in [0.1, 0.15) is 44.2 Å². The van der Waals surface area contributed by atoms with Crippen molar-refractivity contribution in [2.24, 2.45) is 11.0 Å². The molecule has 2 aliphatic heterocycles. The first kappa shape index (κ1) is 21.9. The van der Waals surface area contributed by atoms with E-state index in [1.54, 1.807) is 29.3 Å². The first-order valence-electron chi connectivity index (χ1n) is 10.6. The molecule has 6 nitrogen and oxygen atoms in total. The zero-order chi connectivity index (χ0) is 22.0. The quantitative estimate of drug-likeness (QED) is 0.660. The lowest BCUT2D eigenvalue weighted by Gasteiger charge is -2.27. The number of halogens is 2. The summed E-state index contributed by atoms with van der Waals surface area (Å²) in [5, 5.41) is 19.2. The van der Waals surface area contributed by atoms with Crippen LogP contribution in [0, 0.1) is 5.92 Å². The van der Waals surface area contributed by atoms with Crippen molar-refractivity contribution < 1.29 is 9.90 Å². The molecule has 1 fully saturated rings. The number of carbonyl (C=O) groups is 1. The number of nitrogens with zero attached hydrogens (tertiary/aromatic N) is 3. The Balaban J connectivity index is 1.66. The van der Waals surface area contributed by atoms with Crippen molar-refractivity contribution in [3.63, 3.8) is 0 Å². The fourth-order valence-electron chi connectivity index (χ4n) is 4.24. The molecular weight excluding hydrogens is 435 g/mol. The highest BCUT2D eigenvalue weighted by Crippen LogP contribution is 2.42. The van der Waals surface area contributed by atoms with Crippen LogP contribution in [-0.2, 0) is 4.79 Å². The largest absolute Gasteiger partial charge is 0.508 e. The molecule has 2 aromatic rings. The highest BCUT2D eigenvalue weighted by Gasteiger charge is 2.40. The zero-order valence-electron chi connectivity index (χ0n) is 17.4. The van der Waals surface area contributed by atoms with Crippen LogP contribution in [0.15, 0.2) is 47.6 Å². The van der Waals surface area contributed by atoms with Crippen LogP contribution >= 0.6 is 23.2 Å². The summed E-state index contributed by atoms with van der Waals surface area (Å²) in [5.74, 6) is -0.195. The second-order valence-electron chi connectivity index (χ2n) is 8.09. The summed E-state index contributed by atoms with van der Waals surface area (Å²) in [4.78, 5) is 13.2. The van der Waals surface area contributed by atoms with Gasteiger partial charge in [-0.05, 0) is 48.7 Å². The number of nitrogens with one attached hydrogen (secondary N) is 1. The van der Waals surface area contributed by atoms with E-state index in [-0.39, 0.29) is 23.6 Å². The minimum Gasteiger partial charge on any atom is -0.508 e. The topological polar surface area (TPSA) is 68.2 Å². The molecule has 2 heterocycles. The molecule has 1 saturated heterocycles. The summed E-state index contributed by atoms with van der Waals surface area (Å²) in [6.45, 7) is 3.69. The van der Waals surface area contributed by atoms with Crippen molar-refractivity contribution in [1.82, 2.24) is 10.4 Å². The average Bonchev–Trinajstić information content (AvgIpc) is 2.89. The van der Waals surface area contributed by atoms with E-state index >= 15 is 0 Å². The van der Waals surface area contributed by atoms with E-state index in [0.29, 0.717) is 21.4 Å². The van der Waals surface area contributed by atoms with Gasteiger partial charge in [0.25, 0.3) is 5.91 Å². The summed E-state index contributed by atoms with van der Waals surface area (Å²) >= 11 is 12.6. The second kappa shape index (κ2) is 9.47. The number of hydrazine groups is 1. The maximum absolute atomic E-state index is 13.2. The summed E-state index contributed by atoms with van der Waals surface area (Å²) in [7, 11) is 0. The molecular formula is C23H26Cl2N4O2. The predicted molar refractivity (Wildman–Crippen MR) is 125 cm³/mol. The Hall–Kier alpha value is -2.28. The Labute approximate surface area is 192 Å². The molecule has 0 aromatic heterocycles. The van der Waals surface area contributed by atoms with Gasteiger partial charge in [-0.25, -0.2) is 5.01 Å². The molecule has 0 spiro atoms. The van der Waals surface area contributed by atoms with E-state index in [0.717, 1.165) is 31.5 Å². The number of carbonyl (C=O) groups excluding carboxylic acids is 1. The average molecular weight is 461 g/mol. The molecule has 2 aromatic carbocycles. The van der Waals surface area contributed by atoms with Crippen molar-refractivity contribution in [2.75, 3.05) is 18.1 Å². The molecule has 2 aliphatic rings. The van der Waals surface area contributed by atoms with Crippen molar-refractivity contribution in [3.8, 4) is 5.75 Å². The number of anilines is 1. The highest BCUT2D eigenvalue weighted by atomic mass is 35.5. The molecule has 0 unspecified atom stereocenters. The Bertz CT molecular complexity index is 972. The lowest BCUT2D eigenvalue weighted by molar-refractivity contribution is -0.119. The van der Waals surface area contributed by atoms with E-state index in [4.69, 9.17) is 28.3 Å². The van der Waals surface area contributed by atoms with Gasteiger partial charge in [-0.1, -0.05) is 55.1 Å².